The molecule has 3 atom stereocenters. The Balaban J connectivity index is 1.01. The Hall–Kier alpha value is -5.60. The molecule has 1 saturated heterocycles. The molecule has 14 nitrogen and oxygen atoms in total. The lowest BCUT2D eigenvalue weighted by Gasteiger charge is -2.30. The van der Waals surface area contributed by atoms with Gasteiger partial charge in [0.1, 0.15) is 18.0 Å². The summed E-state index contributed by atoms with van der Waals surface area (Å²) < 4.78 is 23.8. The molecule has 0 aliphatic carbocycles. The first-order valence-corrected chi connectivity index (χ1v) is 20.4. The third-order valence-corrected chi connectivity index (χ3v) is 11.4. The second kappa shape index (κ2) is 17.3. The second-order valence-electron chi connectivity index (χ2n) is 16.1. The highest BCUT2D eigenvalue weighted by atomic mass is 35.5. The monoisotopic (exact) mass is 828 g/mol. The molecule has 1 N–H and O–H groups in total. The van der Waals surface area contributed by atoms with Crippen molar-refractivity contribution in [3.05, 3.63) is 93.5 Å². The van der Waals surface area contributed by atoms with Gasteiger partial charge in [-0.25, -0.2) is 4.79 Å². The van der Waals surface area contributed by atoms with E-state index in [9.17, 15) is 29.6 Å². The predicted molar refractivity (Wildman–Crippen MR) is 223 cm³/mol. The highest BCUT2D eigenvalue weighted by Gasteiger charge is 2.44. The van der Waals surface area contributed by atoms with E-state index in [1.165, 1.54) is 24.1 Å². The molecule has 0 saturated carbocycles. The Labute approximate surface area is 347 Å². The van der Waals surface area contributed by atoms with Crippen LogP contribution in [0.3, 0.4) is 0 Å². The Morgan fingerprint density at radius 2 is 1.64 bits per heavy atom. The molecule has 4 aromatic rings. The largest absolute Gasteiger partial charge is 0.493 e. The molecule has 7 rings (SSSR count). The number of nitro benzene ring substituents is 1. The number of ether oxygens (including phenoxy) is 4. The van der Waals surface area contributed by atoms with Crippen LogP contribution in [0.25, 0.3) is 10.8 Å². The number of benzene rings is 4. The SMILES string of the molecule is COc1cc2c(cc1OCCCCCC(=O)N1C[C@@H](CCl)c3c1cc(OCc1ccc([N+](=O)[O-])cc1)c1ccccc31)N(C(=O)OC(C)(C)C)CC1[C@@H](O)CCN1C2=O. The van der Waals surface area contributed by atoms with Crippen molar-refractivity contribution in [1.29, 1.82) is 0 Å². The van der Waals surface area contributed by atoms with Crippen molar-refractivity contribution in [3.63, 3.8) is 0 Å². The summed E-state index contributed by atoms with van der Waals surface area (Å²) in [5.74, 6) is 1.24. The number of hydrogen-bond acceptors (Lipinski definition) is 10. The summed E-state index contributed by atoms with van der Waals surface area (Å²) >= 11 is 6.49. The number of methoxy groups -OCH3 is 1. The molecule has 0 bridgehead atoms. The molecule has 0 aromatic heterocycles. The minimum Gasteiger partial charge on any atom is -0.493 e. The number of aliphatic hydroxyl groups excluding tert-OH is 1. The van der Waals surface area contributed by atoms with Gasteiger partial charge in [-0.3, -0.25) is 24.6 Å². The first-order valence-electron chi connectivity index (χ1n) is 19.9. The van der Waals surface area contributed by atoms with E-state index in [4.69, 9.17) is 30.5 Å². The standard InChI is InChI=1S/C44H49ClN4O10/c1-44(2,3)59-43(53)48-25-35-36(50)17-18-46(35)42(52)32-20-38(56-4)39(21-33(32)48)57-19-9-5-6-12-40(51)47-24-28(23-45)41-31-11-8-7-10-30(31)37(22-34(41)47)58-26-27-13-15-29(16-14-27)49(54)55/h7-8,10-11,13-16,20-22,28,35-36,50H,5-6,9,12,17-19,23-26H2,1-4H3/t28-,35?,36+/m1/s1. The second-order valence-corrected chi connectivity index (χ2v) is 16.4. The first kappa shape index (κ1) is 41.6. The summed E-state index contributed by atoms with van der Waals surface area (Å²) in [6, 6.07) is 18.6. The van der Waals surface area contributed by atoms with Crippen molar-refractivity contribution < 1.29 is 43.4 Å². The highest BCUT2D eigenvalue weighted by Crippen LogP contribution is 2.46. The zero-order valence-corrected chi connectivity index (χ0v) is 34.4. The minimum absolute atomic E-state index is 0.00509. The van der Waals surface area contributed by atoms with Crippen LogP contribution in [0.15, 0.2) is 66.7 Å². The number of unbranched alkanes of at least 4 members (excludes halogenated alkanes) is 2. The fraction of sp³-hybridized carbons (Fsp3) is 0.432. The van der Waals surface area contributed by atoms with Crippen LogP contribution in [0.2, 0.25) is 0 Å². The van der Waals surface area contributed by atoms with E-state index in [1.807, 2.05) is 30.3 Å². The van der Waals surface area contributed by atoms with E-state index in [-0.39, 0.29) is 42.1 Å². The fourth-order valence-corrected chi connectivity index (χ4v) is 8.35. The van der Waals surface area contributed by atoms with Crippen molar-refractivity contribution in [2.45, 2.75) is 83.1 Å². The summed E-state index contributed by atoms with van der Waals surface area (Å²) in [7, 11) is 1.48. The van der Waals surface area contributed by atoms with Crippen LogP contribution in [0, 0.1) is 10.1 Å². The maximum Gasteiger partial charge on any atom is 0.414 e. The number of rotatable bonds is 13. The predicted octanol–water partition coefficient (Wildman–Crippen LogP) is 7.97. The average Bonchev–Trinajstić information content (AvgIpc) is 3.75. The minimum atomic E-state index is -0.789. The number of alkyl halides is 1. The number of carbonyl (C=O) groups is 3. The normalized spacial score (nSPS) is 18.6. The number of nitro groups is 1. The number of anilines is 2. The van der Waals surface area contributed by atoms with Gasteiger partial charge in [0.25, 0.3) is 11.6 Å². The molecular formula is C44H49ClN4O10. The zero-order valence-electron chi connectivity index (χ0n) is 33.6. The lowest BCUT2D eigenvalue weighted by atomic mass is 9.95. The van der Waals surface area contributed by atoms with E-state index in [0.29, 0.717) is 80.6 Å². The van der Waals surface area contributed by atoms with Gasteiger partial charge in [0.15, 0.2) is 11.5 Å². The van der Waals surface area contributed by atoms with E-state index in [0.717, 1.165) is 27.6 Å². The third-order valence-electron chi connectivity index (χ3n) is 11.0. The molecule has 15 heteroatoms. The molecule has 59 heavy (non-hydrogen) atoms. The molecule has 3 heterocycles. The van der Waals surface area contributed by atoms with Crippen LogP contribution >= 0.6 is 11.6 Å². The fourth-order valence-electron chi connectivity index (χ4n) is 8.10. The van der Waals surface area contributed by atoms with Gasteiger partial charge in [-0.1, -0.05) is 24.3 Å². The Morgan fingerprint density at radius 1 is 0.915 bits per heavy atom. The molecule has 3 aliphatic heterocycles. The molecule has 0 spiro atoms. The molecule has 1 fully saturated rings. The van der Waals surface area contributed by atoms with Gasteiger partial charge in [0.05, 0.1) is 54.3 Å². The van der Waals surface area contributed by atoms with Crippen LogP contribution in [0.5, 0.6) is 17.2 Å². The number of fused-ring (bicyclic) bond motifs is 5. The van der Waals surface area contributed by atoms with Crippen LogP contribution in [-0.2, 0) is 16.1 Å². The van der Waals surface area contributed by atoms with Gasteiger partial charge in [-0.15, -0.1) is 11.6 Å². The number of aliphatic hydroxyl groups is 1. The van der Waals surface area contributed by atoms with Crippen molar-refractivity contribution in [2.24, 2.45) is 0 Å². The molecule has 3 amide bonds. The zero-order chi connectivity index (χ0) is 42.0. The van der Waals surface area contributed by atoms with Gasteiger partial charge in [0, 0.05) is 61.0 Å². The number of amides is 3. The van der Waals surface area contributed by atoms with E-state index in [2.05, 4.69) is 0 Å². The highest BCUT2D eigenvalue weighted by molar-refractivity contribution is 6.19. The van der Waals surface area contributed by atoms with Crippen molar-refractivity contribution in [2.75, 3.05) is 49.0 Å². The molecular weight excluding hydrogens is 780 g/mol. The smallest absolute Gasteiger partial charge is 0.414 e. The van der Waals surface area contributed by atoms with E-state index >= 15 is 0 Å². The molecule has 312 valence electrons. The van der Waals surface area contributed by atoms with Crippen LogP contribution in [-0.4, -0.2) is 89.8 Å². The summed E-state index contributed by atoms with van der Waals surface area (Å²) in [6.07, 6.45) is 1.23. The van der Waals surface area contributed by atoms with Crippen molar-refractivity contribution in [3.8, 4) is 17.2 Å². The average molecular weight is 829 g/mol. The van der Waals surface area contributed by atoms with Crippen molar-refractivity contribution in [1.82, 2.24) is 4.90 Å². The Morgan fingerprint density at radius 3 is 2.34 bits per heavy atom. The molecule has 4 aromatic carbocycles. The summed E-state index contributed by atoms with van der Waals surface area (Å²) in [5.41, 5.74) is 2.35. The summed E-state index contributed by atoms with van der Waals surface area (Å²) in [6.45, 7) is 6.67. The van der Waals surface area contributed by atoms with Gasteiger partial charge < -0.3 is 33.9 Å². The van der Waals surface area contributed by atoms with Crippen LogP contribution in [0.1, 0.15) is 80.3 Å². The molecule has 0 radical (unpaired) electrons. The number of halogens is 1. The third kappa shape index (κ3) is 8.74. The van der Waals surface area contributed by atoms with E-state index < -0.39 is 28.8 Å². The Kier molecular flexibility index (Phi) is 12.2. The van der Waals surface area contributed by atoms with Crippen LogP contribution in [0.4, 0.5) is 21.9 Å². The lowest BCUT2D eigenvalue weighted by Crippen LogP contribution is -2.47. The first-order chi connectivity index (χ1) is 28.3. The van der Waals surface area contributed by atoms with Gasteiger partial charge in [-0.2, -0.15) is 0 Å². The summed E-state index contributed by atoms with van der Waals surface area (Å²) in [4.78, 5) is 56.6. The number of non-ortho nitro benzene ring substituents is 1. The number of carbonyl (C=O) groups excluding carboxylic acids is 3. The lowest BCUT2D eigenvalue weighted by molar-refractivity contribution is -0.384. The maximum atomic E-state index is 13.8. The topological polar surface area (TPSA) is 161 Å². The van der Waals surface area contributed by atoms with Gasteiger partial charge in [-0.05, 0) is 81.2 Å². The van der Waals surface area contributed by atoms with Crippen molar-refractivity contribution >= 4 is 57.3 Å². The van der Waals surface area contributed by atoms with Crippen LogP contribution < -0.4 is 24.0 Å². The maximum absolute atomic E-state index is 13.8. The summed E-state index contributed by atoms with van der Waals surface area (Å²) in [5, 5.41) is 23.7. The van der Waals surface area contributed by atoms with Gasteiger partial charge in [0.2, 0.25) is 5.91 Å². The Bertz CT molecular complexity index is 2240. The van der Waals surface area contributed by atoms with Gasteiger partial charge >= 0.3 is 6.09 Å². The molecule has 3 aliphatic rings. The quantitative estimate of drug-likeness (QED) is 0.0606. The number of hydrogen-bond donors (Lipinski definition) is 1. The van der Waals surface area contributed by atoms with E-state index in [1.54, 1.807) is 54.8 Å². The molecule has 1 unspecified atom stereocenters. The number of nitrogens with zero attached hydrogens (tertiary/aromatic N) is 4.